The van der Waals surface area contributed by atoms with Crippen molar-refractivity contribution in [1.29, 1.82) is 0 Å². The van der Waals surface area contributed by atoms with Gasteiger partial charge in [0.1, 0.15) is 34.8 Å². The van der Waals surface area contributed by atoms with Crippen molar-refractivity contribution in [3.05, 3.63) is 45.1 Å². The highest BCUT2D eigenvalue weighted by Gasteiger charge is 2.28. The van der Waals surface area contributed by atoms with E-state index in [1.54, 1.807) is 33.1 Å². The molecule has 0 fully saturated rings. The van der Waals surface area contributed by atoms with E-state index in [1.807, 2.05) is 6.07 Å². The largest absolute Gasteiger partial charge is 0.507 e. The van der Waals surface area contributed by atoms with Crippen molar-refractivity contribution in [2.24, 2.45) is 0 Å². The van der Waals surface area contributed by atoms with Crippen LogP contribution in [0.15, 0.2) is 27.4 Å². The molecule has 0 amide bonds. The summed E-state index contributed by atoms with van der Waals surface area (Å²) < 4.78 is 16.8. The second-order valence-electron chi connectivity index (χ2n) is 6.05. The van der Waals surface area contributed by atoms with Crippen LogP contribution >= 0.6 is 0 Å². The summed E-state index contributed by atoms with van der Waals surface area (Å²) in [5, 5.41) is 20.5. The van der Waals surface area contributed by atoms with E-state index in [4.69, 9.17) is 13.9 Å². The zero-order valence-electron chi connectivity index (χ0n) is 14.0. The molecular weight excluding hydrogens is 324 g/mol. The van der Waals surface area contributed by atoms with Crippen LogP contribution in [0.3, 0.4) is 0 Å². The highest BCUT2D eigenvalue weighted by Crippen LogP contribution is 2.43. The normalized spacial score (nSPS) is 12.4. The lowest BCUT2D eigenvalue weighted by Gasteiger charge is -2.21. The molecule has 6 nitrogen and oxygen atoms in total. The molecule has 0 atom stereocenters. The van der Waals surface area contributed by atoms with Crippen molar-refractivity contribution in [3.63, 3.8) is 0 Å². The topological polar surface area (TPSA) is 89.1 Å². The molecule has 1 aliphatic rings. The van der Waals surface area contributed by atoms with E-state index in [2.05, 4.69) is 0 Å². The molecular formula is C19H16O6. The number of ether oxygens (including phenoxy) is 2. The van der Waals surface area contributed by atoms with E-state index in [0.717, 1.165) is 11.1 Å². The Kier molecular flexibility index (Phi) is 3.18. The number of hydrogen-bond donors (Lipinski definition) is 2. The summed E-state index contributed by atoms with van der Waals surface area (Å²) in [6.45, 7) is 3.38. The van der Waals surface area contributed by atoms with Gasteiger partial charge in [0.15, 0.2) is 5.76 Å². The Morgan fingerprint density at radius 3 is 2.60 bits per heavy atom. The van der Waals surface area contributed by atoms with Gasteiger partial charge in [-0.15, -0.1) is 0 Å². The minimum atomic E-state index is -0.457. The van der Waals surface area contributed by atoms with Crippen molar-refractivity contribution in [3.8, 4) is 34.3 Å². The quantitative estimate of drug-likeness (QED) is 0.706. The lowest BCUT2D eigenvalue weighted by atomic mass is 9.99. The molecule has 128 valence electrons. The van der Waals surface area contributed by atoms with Crippen LogP contribution in [0.5, 0.6) is 23.0 Å². The molecule has 0 radical (unpaired) electrons. The van der Waals surface area contributed by atoms with Crippen molar-refractivity contribution in [2.45, 2.75) is 20.5 Å². The highest BCUT2D eigenvalue weighted by molar-refractivity contribution is 5.92. The van der Waals surface area contributed by atoms with Crippen molar-refractivity contribution >= 4 is 11.0 Å². The third-order valence-electron chi connectivity index (χ3n) is 4.64. The molecule has 0 bridgehead atoms. The summed E-state index contributed by atoms with van der Waals surface area (Å²) >= 11 is 0. The van der Waals surface area contributed by atoms with Gasteiger partial charge < -0.3 is 24.1 Å². The maximum atomic E-state index is 12.9. The van der Waals surface area contributed by atoms with Crippen LogP contribution < -0.4 is 14.9 Å². The molecule has 1 aromatic heterocycles. The molecule has 0 saturated heterocycles. The van der Waals surface area contributed by atoms with E-state index >= 15 is 0 Å². The number of phenols is 2. The van der Waals surface area contributed by atoms with Crippen molar-refractivity contribution < 1.29 is 24.1 Å². The molecule has 0 saturated carbocycles. The van der Waals surface area contributed by atoms with Crippen molar-refractivity contribution in [1.82, 2.24) is 0 Å². The number of benzene rings is 2. The summed E-state index contributed by atoms with van der Waals surface area (Å²) in [7, 11) is 1.57. The highest BCUT2D eigenvalue weighted by atomic mass is 16.5. The molecule has 0 aliphatic carbocycles. The molecule has 3 aromatic rings. The molecule has 1 aliphatic heterocycles. The van der Waals surface area contributed by atoms with E-state index in [-0.39, 0.29) is 46.1 Å². The van der Waals surface area contributed by atoms with Gasteiger partial charge in [0, 0.05) is 22.3 Å². The Balaban J connectivity index is 2.12. The second-order valence-corrected chi connectivity index (χ2v) is 6.05. The minimum absolute atomic E-state index is 0.0171. The number of hydrogen-bond acceptors (Lipinski definition) is 6. The molecule has 4 rings (SSSR count). The molecule has 2 N–H and O–H groups in total. The first-order chi connectivity index (χ1) is 11.9. The summed E-state index contributed by atoms with van der Waals surface area (Å²) in [5.74, 6) is 0.631. The SMILES string of the molecule is COc1ccc2c(c1)COc1c-2oc2c(C)c(O)c(C)c(O)c2c1=O. The Bertz CT molecular complexity index is 1090. The van der Waals surface area contributed by atoms with Crippen LogP contribution in [0.25, 0.3) is 22.3 Å². The van der Waals surface area contributed by atoms with Crippen LogP contribution in [0.2, 0.25) is 0 Å². The zero-order chi connectivity index (χ0) is 17.9. The molecule has 0 spiro atoms. The molecule has 2 aromatic carbocycles. The summed E-state index contributed by atoms with van der Waals surface area (Å²) in [5.41, 5.74) is 1.87. The van der Waals surface area contributed by atoms with Gasteiger partial charge in [0.25, 0.3) is 0 Å². The number of phenolic OH excluding ortho intramolecular Hbond substituents is 2. The fourth-order valence-corrected chi connectivity index (χ4v) is 3.18. The second kappa shape index (κ2) is 5.17. The predicted molar refractivity (Wildman–Crippen MR) is 91.6 cm³/mol. The zero-order valence-corrected chi connectivity index (χ0v) is 14.0. The fourth-order valence-electron chi connectivity index (χ4n) is 3.18. The van der Waals surface area contributed by atoms with E-state index < -0.39 is 5.43 Å². The van der Waals surface area contributed by atoms with Gasteiger partial charge in [-0.05, 0) is 32.0 Å². The fraction of sp³-hybridized carbons (Fsp3) is 0.211. The van der Waals surface area contributed by atoms with Gasteiger partial charge in [-0.25, -0.2) is 0 Å². The first kappa shape index (κ1) is 15.4. The van der Waals surface area contributed by atoms with Crippen LogP contribution in [-0.2, 0) is 6.61 Å². The number of rotatable bonds is 1. The lowest BCUT2D eigenvalue weighted by Crippen LogP contribution is -2.15. The van der Waals surface area contributed by atoms with E-state index in [1.165, 1.54) is 0 Å². The smallest absolute Gasteiger partial charge is 0.239 e. The lowest BCUT2D eigenvalue weighted by molar-refractivity contribution is 0.289. The third kappa shape index (κ3) is 2.00. The summed E-state index contributed by atoms with van der Waals surface area (Å²) in [4.78, 5) is 12.9. The standard InChI is InChI=1S/C19H16O6/c1-8-14(20)9(2)17-13(15(8)21)16(22)19-18(25-17)12-5-4-11(23-3)6-10(12)7-24-19/h4-6,20-21H,7H2,1-3H3. The Hall–Kier alpha value is -3.15. The van der Waals surface area contributed by atoms with E-state index in [0.29, 0.717) is 11.3 Å². The van der Waals surface area contributed by atoms with Gasteiger partial charge in [-0.1, -0.05) is 0 Å². The number of methoxy groups -OCH3 is 1. The maximum absolute atomic E-state index is 12.9. The molecule has 2 heterocycles. The van der Waals surface area contributed by atoms with Gasteiger partial charge in [-0.3, -0.25) is 4.79 Å². The van der Waals surface area contributed by atoms with Crippen LogP contribution in [0.1, 0.15) is 16.7 Å². The van der Waals surface area contributed by atoms with Crippen molar-refractivity contribution in [2.75, 3.05) is 7.11 Å². The average molecular weight is 340 g/mol. The maximum Gasteiger partial charge on any atom is 0.239 e. The third-order valence-corrected chi connectivity index (χ3v) is 4.64. The predicted octanol–water partition coefficient (Wildman–Crippen LogP) is 3.39. The summed E-state index contributed by atoms with van der Waals surface area (Å²) in [6, 6.07) is 5.39. The number of fused-ring (bicyclic) bond motifs is 4. The Morgan fingerprint density at radius 1 is 1.12 bits per heavy atom. The molecule has 6 heteroatoms. The first-order valence-electron chi connectivity index (χ1n) is 7.76. The molecule has 0 unspecified atom stereocenters. The van der Waals surface area contributed by atoms with Gasteiger partial charge in [-0.2, -0.15) is 0 Å². The molecule has 25 heavy (non-hydrogen) atoms. The number of aryl methyl sites for hydroxylation is 1. The summed E-state index contributed by atoms with van der Waals surface area (Å²) in [6.07, 6.45) is 0. The number of aromatic hydroxyl groups is 2. The monoisotopic (exact) mass is 340 g/mol. The van der Waals surface area contributed by atoms with Crippen LogP contribution in [0, 0.1) is 13.8 Å². The van der Waals surface area contributed by atoms with Crippen LogP contribution in [-0.4, -0.2) is 17.3 Å². The van der Waals surface area contributed by atoms with E-state index in [9.17, 15) is 15.0 Å². The van der Waals surface area contributed by atoms with Gasteiger partial charge in [0.05, 0.1) is 7.11 Å². The average Bonchev–Trinajstić information content (AvgIpc) is 2.63. The first-order valence-corrected chi connectivity index (χ1v) is 7.76. The van der Waals surface area contributed by atoms with Gasteiger partial charge >= 0.3 is 0 Å². The Morgan fingerprint density at radius 2 is 1.88 bits per heavy atom. The minimum Gasteiger partial charge on any atom is -0.507 e. The van der Waals surface area contributed by atoms with Gasteiger partial charge in [0.2, 0.25) is 11.2 Å². The Labute approximate surface area is 142 Å². The van der Waals surface area contributed by atoms with Crippen LogP contribution in [0.4, 0.5) is 0 Å².